The van der Waals surface area contributed by atoms with Gasteiger partial charge in [0.25, 0.3) is 5.69 Å². The van der Waals surface area contributed by atoms with Gasteiger partial charge in [0.2, 0.25) is 0 Å². The van der Waals surface area contributed by atoms with E-state index in [9.17, 15) is 14.9 Å². The Morgan fingerprint density at radius 1 is 1.42 bits per heavy atom. The lowest BCUT2D eigenvalue weighted by Crippen LogP contribution is -2.03. The van der Waals surface area contributed by atoms with Gasteiger partial charge in [0.05, 0.1) is 23.2 Å². The Morgan fingerprint density at radius 2 is 2.11 bits per heavy atom. The second-order valence-corrected chi connectivity index (χ2v) is 4.88. The van der Waals surface area contributed by atoms with Crippen molar-refractivity contribution < 1.29 is 14.5 Å². The smallest absolute Gasteiger partial charge is 0.283 e. The average Bonchev–Trinajstić information content (AvgIpc) is 2.33. The molecule has 0 bridgehead atoms. The predicted octanol–water partition coefficient (Wildman–Crippen LogP) is 3.61. The summed E-state index contributed by atoms with van der Waals surface area (Å²) in [5, 5.41) is 10.9. The molecular formula is C14H19NO4. The molecule has 1 aromatic carbocycles. The molecule has 5 heteroatoms. The van der Waals surface area contributed by atoms with Gasteiger partial charge >= 0.3 is 0 Å². The van der Waals surface area contributed by atoms with Crippen molar-refractivity contribution >= 4 is 11.5 Å². The molecule has 0 fully saturated rings. The van der Waals surface area contributed by atoms with Gasteiger partial charge in [-0.25, -0.2) is 0 Å². The lowest BCUT2D eigenvalue weighted by molar-refractivity contribution is -0.385. The fraction of sp³-hybridized carbons (Fsp3) is 0.500. The number of rotatable bonds is 7. The van der Waals surface area contributed by atoms with Crippen molar-refractivity contribution in [2.45, 2.75) is 33.6 Å². The van der Waals surface area contributed by atoms with Crippen LogP contribution in [0.2, 0.25) is 0 Å². The molecule has 1 aromatic rings. The SMILES string of the molecule is CC(=O)c1ccc(OCCCC(C)C)cc1[N+](=O)[O-]. The molecule has 0 aromatic heterocycles. The molecule has 1 rings (SSSR count). The monoisotopic (exact) mass is 265 g/mol. The summed E-state index contributed by atoms with van der Waals surface area (Å²) in [6, 6.07) is 4.35. The van der Waals surface area contributed by atoms with Crippen LogP contribution >= 0.6 is 0 Å². The van der Waals surface area contributed by atoms with E-state index in [1.165, 1.54) is 19.1 Å². The molecule has 19 heavy (non-hydrogen) atoms. The Labute approximate surface area is 112 Å². The van der Waals surface area contributed by atoms with Gasteiger partial charge in [-0.3, -0.25) is 14.9 Å². The fourth-order valence-electron chi connectivity index (χ4n) is 1.73. The summed E-state index contributed by atoms with van der Waals surface area (Å²) in [6.07, 6.45) is 1.95. The minimum absolute atomic E-state index is 0.111. The predicted molar refractivity (Wildman–Crippen MR) is 72.7 cm³/mol. The first-order valence-corrected chi connectivity index (χ1v) is 6.34. The lowest BCUT2D eigenvalue weighted by Gasteiger charge is -2.08. The number of nitrogens with zero attached hydrogens (tertiary/aromatic N) is 1. The first-order chi connectivity index (χ1) is 8.91. The molecule has 5 nitrogen and oxygen atoms in total. The normalized spacial score (nSPS) is 10.5. The number of hydrogen-bond donors (Lipinski definition) is 0. The van der Waals surface area contributed by atoms with E-state index >= 15 is 0 Å². The van der Waals surface area contributed by atoms with Crippen molar-refractivity contribution in [3.8, 4) is 5.75 Å². The van der Waals surface area contributed by atoms with E-state index in [-0.39, 0.29) is 17.0 Å². The van der Waals surface area contributed by atoms with Gasteiger partial charge in [-0.1, -0.05) is 13.8 Å². The summed E-state index contributed by atoms with van der Waals surface area (Å²) < 4.78 is 5.47. The number of nitro groups is 1. The van der Waals surface area contributed by atoms with Crippen LogP contribution in [0.4, 0.5) is 5.69 Å². The van der Waals surface area contributed by atoms with E-state index in [1.807, 2.05) is 0 Å². The second kappa shape index (κ2) is 6.87. The average molecular weight is 265 g/mol. The molecule has 0 atom stereocenters. The molecule has 104 valence electrons. The number of Topliss-reactive ketones (excluding diaryl/α,β-unsaturated/α-hetero) is 1. The summed E-state index contributed by atoms with van der Waals surface area (Å²) in [5.74, 6) is 0.719. The van der Waals surface area contributed by atoms with Gasteiger partial charge in [0, 0.05) is 0 Å². The van der Waals surface area contributed by atoms with Crippen molar-refractivity contribution in [2.75, 3.05) is 6.61 Å². The number of ketones is 1. The maximum Gasteiger partial charge on any atom is 0.283 e. The number of ether oxygens (including phenoxy) is 1. The van der Waals surface area contributed by atoms with E-state index in [0.29, 0.717) is 18.3 Å². The van der Waals surface area contributed by atoms with Crippen molar-refractivity contribution in [3.63, 3.8) is 0 Å². The van der Waals surface area contributed by atoms with Crippen LogP contribution in [0, 0.1) is 16.0 Å². The number of hydrogen-bond acceptors (Lipinski definition) is 4. The standard InChI is InChI=1S/C14H19NO4/c1-10(2)5-4-8-19-12-6-7-13(11(3)16)14(9-12)15(17)18/h6-7,9-10H,4-5,8H2,1-3H3. The van der Waals surface area contributed by atoms with E-state index in [2.05, 4.69) is 13.8 Å². The first-order valence-electron chi connectivity index (χ1n) is 6.34. The molecule has 0 saturated heterocycles. The highest BCUT2D eigenvalue weighted by Gasteiger charge is 2.18. The van der Waals surface area contributed by atoms with Crippen LogP contribution < -0.4 is 4.74 Å². The van der Waals surface area contributed by atoms with Crippen molar-refractivity contribution in [2.24, 2.45) is 5.92 Å². The van der Waals surface area contributed by atoms with Crippen molar-refractivity contribution in [1.29, 1.82) is 0 Å². The van der Waals surface area contributed by atoms with Crippen LogP contribution in [0.1, 0.15) is 44.0 Å². The van der Waals surface area contributed by atoms with Crippen LogP contribution in [0.25, 0.3) is 0 Å². The Kier molecular flexibility index (Phi) is 5.48. The van der Waals surface area contributed by atoms with Gasteiger partial charge < -0.3 is 4.74 Å². The molecule has 0 unspecified atom stereocenters. The zero-order chi connectivity index (χ0) is 14.4. The van der Waals surface area contributed by atoms with E-state index in [1.54, 1.807) is 6.07 Å². The number of carbonyl (C=O) groups is 1. The Morgan fingerprint density at radius 3 is 2.63 bits per heavy atom. The highest BCUT2D eigenvalue weighted by molar-refractivity contribution is 5.98. The second-order valence-electron chi connectivity index (χ2n) is 4.88. The zero-order valence-corrected chi connectivity index (χ0v) is 11.5. The largest absolute Gasteiger partial charge is 0.493 e. The van der Waals surface area contributed by atoms with Crippen LogP contribution in [0.5, 0.6) is 5.75 Å². The van der Waals surface area contributed by atoms with Gasteiger partial charge in [0.15, 0.2) is 5.78 Å². The summed E-state index contributed by atoms with van der Waals surface area (Å²) in [6.45, 7) is 6.10. The Bertz CT molecular complexity index is 469. The molecule has 0 heterocycles. The van der Waals surface area contributed by atoms with Gasteiger partial charge in [-0.2, -0.15) is 0 Å². The molecule has 0 aliphatic carbocycles. The highest BCUT2D eigenvalue weighted by Crippen LogP contribution is 2.25. The number of nitro benzene ring substituents is 1. The Balaban J connectivity index is 2.73. The minimum Gasteiger partial charge on any atom is -0.493 e. The molecule has 0 aliphatic heterocycles. The van der Waals surface area contributed by atoms with E-state index in [4.69, 9.17) is 4.74 Å². The maximum atomic E-state index is 11.3. The molecule has 0 spiro atoms. The minimum atomic E-state index is -0.558. The third-order valence-corrected chi connectivity index (χ3v) is 2.74. The molecule has 0 N–H and O–H groups in total. The molecule has 0 aliphatic rings. The number of carbonyl (C=O) groups excluding carboxylic acids is 1. The van der Waals surface area contributed by atoms with Gasteiger partial charge in [-0.15, -0.1) is 0 Å². The summed E-state index contributed by atoms with van der Waals surface area (Å²) in [5.41, 5.74) is -0.0895. The fourth-order valence-corrected chi connectivity index (χ4v) is 1.73. The van der Waals surface area contributed by atoms with E-state index in [0.717, 1.165) is 12.8 Å². The van der Waals surface area contributed by atoms with Crippen LogP contribution in [0.3, 0.4) is 0 Å². The van der Waals surface area contributed by atoms with Crippen molar-refractivity contribution in [1.82, 2.24) is 0 Å². The summed E-state index contributed by atoms with van der Waals surface area (Å²) >= 11 is 0. The Hall–Kier alpha value is -1.91. The maximum absolute atomic E-state index is 11.3. The van der Waals surface area contributed by atoms with Crippen molar-refractivity contribution in [3.05, 3.63) is 33.9 Å². The van der Waals surface area contributed by atoms with Crippen LogP contribution in [-0.4, -0.2) is 17.3 Å². The molecule has 0 saturated carbocycles. The summed E-state index contributed by atoms with van der Waals surface area (Å²) in [7, 11) is 0. The quantitative estimate of drug-likeness (QED) is 0.327. The first kappa shape index (κ1) is 15.1. The third kappa shape index (κ3) is 4.69. The van der Waals surface area contributed by atoms with E-state index < -0.39 is 4.92 Å². The molecule has 0 radical (unpaired) electrons. The highest BCUT2D eigenvalue weighted by atomic mass is 16.6. The lowest BCUT2D eigenvalue weighted by atomic mass is 10.1. The summed E-state index contributed by atoms with van der Waals surface area (Å²) in [4.78, 5) is 21.6. The van der Waals surface area contributed by atoms with Gasteiger partial charge in [0.1, 0.15) is 5.75 Å². The topological polar surface area (TPSA) is 69.4 Å². The molecular weight excluding hydrogens is 246 g/mol. The zero-order valence-electron chi connectivity index (χ0n) is 11.5. The molecule has 0 amide bonds. The third-order valence-electron chi connectivity index (χ3n) is 2.74. The number of benzene rings is 1. The van der Waals surface area contributed by atoms with Crippen LogP contribution in [-0.2, 0) is 0 Å². The van der Waals surface area contributed by atoms with Gasteiger partial charge in [-0.05, 0) is 37.8 Å². The van der Waals surface area contributed by atoms with Crippen LogP contribution in [0.15, 0.2) is 18.2 Å².